The molecule has 1 aromatic heterocycles. The van der Waals surface area contributed by atoms with E-state index in [0.717, 1.165) is 37.4 Å². The first-order valence-electron chi connectivity index (χ1n) is 8.51. The minimum atomic E-state index is -0.257. The normalized spacial score (nSPS) is 15.2. The van der Waals surface area contributed by atoms with E-state index >= 15 is 0 Å². The van der Waals surface area contributed by atoms with Crippen LogP contribution in [0, 0.1) is 11.7 Å². The summed E-state index contributed by atoms with van der Waals surface area (Å²) in [6.07, 6.45) is 5.79. The smallest absolute Gasteiger partial charge is 0.230 e. The third-order valence-electron chi connectivity index (χ3n) is 4.41. The molecule has 1 aliphatic rings. The van der Waals surface area contributed by atoms with Crippen LogP contribution >= 0.6 is 11.8 Å². The summed E-state index contributed by atoms with van der Waals surface area (Å²) in [5.41, 5.74) is 1.22. The summed E-state index contributed by atoms with van der Waals surface area (Å²) in [6, 6.07) is 10.3. The van der Waals surface area contributed by atoms with E-state index < -0.39 is 0 Å². The van der Waals surface area contributed by atoms with E-state index in [4.69, 9.17) is 0 Å². The van der Waals surface area contributed by atoms with Gasteiger partial charge in [0.2, 0.25) is 5.91 Å². The topological polar surface area (TPSA) is 45.2 Å². The van der Waals surface area contributed by atoms with Crippen LogP contribution in [0.3, 0.4) is 0 Å². The highest BCUT2D eigenvalue weighted by Gasteiger charge is 2.19. The lowest BCUT2D eigenvalue weighted by molar-refractivity contribution is -0.118. The molecule has 3 rings (SSSR count). The Labute approximate surface area is 151 Å². The molecule has 1 N–H and O–H groups in total. The van der Waals surface area contributed by atoms with E-state index in [-0.39, 0.29) is 11.7 Å². The van der Waals surface area contributed by atoms with E-state index in [0.29, 0.717) is 11.7 Å². The first-order valence-corrected chi connectivity index (χ1v) is 9.49. The second-order valence-corrected chi connectivity index (χ2v) is 7.23. The maximum Gasteiger partial charge on any atom is 0.230 e. The molecular formula is C19H22FN3OS. The molecule has 1 fully saturated rings. The van der Waals surface area contributed by atoms with Gasteiger partial charge in [0.15, 0.2) is 0 Å². The van der Waals surface area contributed by atoms with Gasteiger partial charge in [-0.05, 0) is 55.2 Å². The molecule has 4 nitrogen and oxygen atoms in total. The zero-order valence-electron chi connectivity index (χ0n) is 14.0. The molecular weight excluding hydrogens is 337 g/mol. The average molecular weight is 359 g/mol. The number of pyridine rings is 1. The van der Waals surface area contributed by atoms with E-state index in [1.54, 1.807) is 12.1 Å². The van der Waals surface area contributed by atoms with Gasteiger partial charge in [-0.2, -0.15) is 0 Å². The van der Waals surface area contributed by atoms with Gasteiger partial charge in [-0.25, -0.2) is 4.39 Å². The molecule has 2 heterocycles. The fraction of sp³-hybridized carbons (Fsp3) is 0.368. The number of rotatable bonds is 6. The standard InChI is InChI=1S/C19H22FN3OS/c20-16-1-3-18(4-2-16)25-14-19(24)22-13-15-7-11-23(12-8-15)17-5-9-21-10-6-17/h1-6,9-10,15H,7-8,11-14H2,(H,22,24). The summed E-state index contributed by atoms with van der Waals surface area (Å²) < 4.78 is 12.9. The maximum absolute atomic E-state index is 12.9. The third kappa shape index (κ3) is 5.46. The number of hydrogen-bond donors (Lipinski definition) is 1. The number of anilines is 1. The number of piperidine rings is 1. The Morgan fingerprint density at radius 1 is 1.16 bits per heavy atom. The number of carbonyl (C=O) groups is 1. The van der Waals surface area contributed by atoms with Crippen LogP contribution in [-0.2, 0) is 4.79 Å². The fourth-order valence-corrected chi connectivity index (χ4v) is 3.67. The Morgan fingerprint density at radius 3 is 2.52 bits per heavy atom. The van der Waals surface area contributed by atoms with Gasteiger partial charge in [-0.3, -0.25) is 9.78 Å². The third-order valence-corrected chi connectivity index (χ3v) is 5.43. The minimum Gasteiger partial charge on any atom is -0.371 e. The number of hydrogen-bond acceptors (Lipinski definition) is 4. The van der Waals surface area contributed by atoms with Crippen molar-refractivity contribution >= 4 is 23.4 Å². The van der Waals surface area contributed by atoms with Crippen molar-refractivity contribution in [1.29, 1.82) is 0 Å². The molecule has 0 bridgehead atoms. The molecule has 1 amide bonds. The van der Waals surface area contributed by atoms with Crippen molar-refractivity contribution in [3.63, 3.8) is 0 Å². The summed E-state index contributed by atoms with van der Waals surface area (Å²) in [5.74, 6) is 0.664. The number of nitrogens with one attached hydrogen (secondary N) is 1. The molecule has 0 atom stereocenters. The molecule has 1 saturated heterocycles. The van der Waals surface area contributed by atoms with Crippen molar-refractivity contribution in [2.24, 2.45) is 5.92 Å². The van der Waals surface area contributed by atoms with Gasteiger partial charge < -0.3 is 10.2 Å². The SMILES string of the molecule is O=C(CSc1ccc(F)cc1)NCC1CCN(c2ccncc2)CC1. The van der Waals surface area contributed by atoms with Gasteiger partial charge in [0.25, 0.3) is 0 Å². The van der Waals surface area contributed by atoms with Gasteiger partial charge >= 0.3 is 0 Å². The predicted octanol–water partition coefficient (Wildman–Crippen LogP) is 3.35. The van der Waals surface area contributed by atoms with Crippen LogP contribution in [0.4, 0.5) is 10.1 Å². The van der Waals surface area contributed by atoms with Crippen molar-refractivity contribution in [1.82, 2.24) is 10.3 Å². The van der Waals surface area contributed by atoms with Crippen molar-refractivity contribution < 1.29 is 9.18 Å². The van der Waals surface area contributed by atoms with Crippen molar-refractivity contribution in [2.75, 3.05) is 30.3 Å². The average Bonchev–Trinajstić information content (AvgIpc) is 2.67. The molecule has 6 heteroatoms. The maximum atomic E-state index is 12.9. The number of carbonyl (C=O) groups excluding carboxylic acids is 1. The van der Waals surface area contributed by atoms with Gasteiger partial charge in [0, 0.05) is 42.6 Å². The Kier molecular flexibility index (Phi) is 6.28. The quantitative estimate of drug-likeness (QED) is 0.804. The van der Waals surface area contributed by atoms with Crippen molar-refractivity contribution in [2.45, 2.75) is 17.7 Å². The van der Waals surface area contributed by atoms with Crippen LogP contribution in [0.15, 0.2) is 53.7 Å². The second-order valence-electron chi connectivity index (χ2n) is 6.18. The summed E-state index contributed by atoms with van der Waals surface area (Å²) in [6.45, 7) is 2.75. The summed E-state index contributed by atoms with van der Waals surface area (Å²) in [4.78, 5) is 19.3. The van der Waals surface area contributed by atoms with E-state index in [9.17, 15) is 9.18 Å². The summed E-state index contributed by atoms with van der Waals surface area (Å²) in [7, 11) is 0. The molecule has 1 aliphatic heterocycles. The number of thioether (sulfide) groups is 1. The van der Waals surface area contributed by atoms with Crippen LogP contribution < -0.4 is 10.2 Å². The molecule has 0 spiro atoms. The monoisotopic (exact) mass is 359 g/mol. The highest BCUT2D eigenvalue weighted by molar-refractivity contribution is 8.00. The highest BCUT2D eigenvalue weighted by Crippen LogP contribution is 2.22. The van der Waals surface area contributed by atoms with Crippen LogP contribution in [0.1, 0.15) is 12.8 Å². The predicted molar refractivity (Wildman–Crippen MR) is 99.3 cm³/mol. The fourth-order valence-electron chi connectivity index (χ4n) is 2.94. The Hall–Kier alpha value is -2.08. The molecule has 2 aromatic rings. The number of halogens is 1. The zero-order chi connectivity index (χ0) is 17.5. The second kappa shape index (κ2) is 8.85. The molecule has 0 saturated carbocycles. The number of nitrogens with zero attached hydrogens (tertiary/aromatic N) is 2. The molecule has 25 heavy (non-hydrogen) atoms. The molecule has 132 valence electrons. The summed E-state index contributed by atoms with van der Waals surface area (Å²) in [5, 5.41) is 3.03. The van der Waals surface area contributed by atoms with Crippen LogP contribution in [0.25, 0.3) is 0 Å². The number of aromatic nitrogens is 1. The number of benzene rings is 1. The van der Waals surface area contributed by atoms with Crippen LogP contribution in [0.5, 0.6) is 0 Å². The highest BCUT2D eigenvalue weighted by atomic mass is 32.2. The van der Waals surface area contributed by atoms with Gasteiger partial charge in [-0.1, -0.05) is 0 Å². The Bertz CT molecular complexity index is 673. The van der Waals surface area contributed by atoms with E-state index in [1.165, 1.54) is 29.6 Å². The van der Waals surface area contributed by atoms with Crippen LogP contribution in [-0.4, -0.2) is 36.3 Å². The largest absolute Gasteiger partial charge is 0.371 e. The minimum absolute atomic E-state index is 0.0332. The zero-order valence-corrected chi connectivity index (χ0v) is 14.8. The lowest BCUT2D eigenvalue weighted by atomic mass is 9.96. The first kappa shape index (κ1) is 17.7. The molecule has 0 unspecified atom stereocenters. The van der Waals surface area contributed by atoms with E-state index in [1.807, 2.05) is 24.5 Å². The Balaban J connectivity index is 1.35. The number of amides is 1. The lowest BCUT2D eigenvalue weighted by Gasteiger charge is -2.33. The molecule has 0 radical (unpaired) electrons. The first-order chi connectivity index (χ1) is 12.2. The van der Waals surface area contributed by atoms with Gasteiger partial charge in [0.05, 0.1) is 5.75 Å². The lowest BCUT2D eigenvalue weighted by Crippen LogP contribution is -2.39. The Morgan fingerprint density at radius 2 is 1.84 bits per heavy atom. The van der Waals surface area contributed by atoms with Crippen molar-refractivity contribution in [3.05, 3.63) is 54.6 Å². The van der Waals surface area contributed by atoms with Crippen molar-refractivity contribution in [3.8, 4) is 0 Å². The summed E-state index contributed by atoms with van der Waals surface area (Å²) >= 11 is 1.43. The van der Waals surface area contributed by atoms with Gasteiger partial charge in [-0.15, -0.1) is 11.8 Å². The van der Waals surface area contributed by atoms with Crippen LogP contribution in [0.2, 0.25) is 0 Å². The molecule has 0 aliphatic carbocycles. The van der Waals surface area contributed by atoms with Gasteiger partial charge in [0.1, 0.15) is 5.82 Å². The van der Waals surface area contributed by atoms with E-state index in [2.05, 4.69) is 15.2 Å². The molecule has 1 aromatic carbocycles.